The molecule has 1 N–H and O–H groups in total. The molecule has 7 heteroatoms. The van der Waals surface area contributed by atoms with Gasteiger partial charge in [0.2, 0.25) is 5.76 Å². The summed E-state index contributed by atoms with van der Waals surface area (Å²) in [6.07, 6.45) is 0. The Bertz CT molecular complexity index is 1170. The first-order valence-corrected chi connectivity index (χ1v) is 9.64. The summed E-state index contributed by atoms with van der Waals surface area (Å²) in [7, 11) is 1.55. The zero-order valence-electron chi connectivity index (χ0n) is 16.2. The number of carbonyl (C=O) groups excluding carboxylic acids is 1. The van der Waals surface area contributed by atoms with Crippen molar-refractivity contribution in [1.82, 2.24) is 5.32 Å². The van der Waals surface area contributed by atoms with Crippen LogP contribution in [0.5, 0.6) is 11.5 Å². The average molecular weight is 414 g/mol. The molecule has 1 unspecified atom stereocenters. The standard InChI is InChI=1S/C22H20ClNO5/c1-11(2)10-28-16-6-4-12(8-17(16)27-3)19-18-20(25)14-9-13(23)5-7-15(14)29-21(18)22(26)24-19/h4-9,11,19H,10H2,1-3H3,(H,24,26). The molecule has 29 heavy (non-hydrogen) atoms. The molecule has 1 atom stereocenters. The second-order valence-electron chi connectivity index (χ2n) is 7.34. The number of ether oxygens (including phenoxy) is 2. The number of rotatable bonds is 5. The van der Waals surface area contributed by atoms with Crippen LogP contribution >= 0.6 is 11.6 Å². The summed E-state index contributed by atoms with van der Waals surface area (Å²) in [6.45, 7) is 4.67. The maximum atomic E-state index is 13.1. The van der Waals surface area contributed by atoms with Gasteiger partial charge in [0.15, 0.2) is 16.9 Å². The van der Waals surface area contributed by atoms with Crippen LogP contribution in [0.3, 0.4) is 0 Å². The number of benzene rings is 2. The van der Waals surface area contributed by atoms with Crippen LogP contribution in [0.4, 0.5) is 0 Å². The van der Waals surface area contributed by atoms with Gasteiger partial charge in [-0.2, -0.15) is 0 Å². The van der Waals surface area contributed by atoms with Crippen LogP contribution < -0.4 is 20.2 Å². The lowest BCUT2D eigenvalue weighted by atomic mass is 9.99. The highest BCUT2D eigenvalue weighted by atomic mass is 35.5. The molecule has 0 fully saturated rings. The minimum Gasteiger partial charge on any atom is -0.493 e. The lowest BCUT2D eigenvalue weighted by molar-refractivity contribution is 0.0938. The van der Waals surface area contributed by atoms with Gasteiger partial charge in [-0.05, 0) is 41.8 Å². The number of carbonyl (C=O) groups is 1. The maximum Gasteiger partial charge on any atom is 0.288 e. The quantitative estimate of drug-likeness (QED) is 0.673. The number of halogens is 1. The Hall–Kier alpha value is -2.99. The van der Waals surface area contributed by atoms with Crippen LogP contribution in [0.1, 0.15) is 41.6 Å². The predicted octanol–water partition coefficient (Wildman–Crippen LogP) is 4.32. The predicted molar refractivity (Wildman–Crippen MR) is 110 cm³/mol. The van der Waals surface area contributed by atoms with Gasteiger partial charge in [0.25, 0.3) is 5.91 Å². The zero-order chi connectivity index (χ0) is 20.7. The van der Waals surface area contributed by atoms with Crippen molar-refractivity contribution in [3.8, 4) is 11.5 Å². The SMILES string of the molecule is COc1cc(C2NC(=O)c3oc4ccc(Cl)cc4c(=O)c32)ccc1OCC(C)C. The molecular weight excluding hydrogens is 394 g/mol. The van der Waals surface area contributed by atoms with E-state index < -0.39 is 11.9 Å². The number of methoxy groups -OCH3 is 1. The van der Waals surface area contributed by atoms with E-state index in [0.717, 1.165) is 0 Å². The molecule has 0 spiro atoms. The Kier molecular flexibility index (Phi) is 4.96. The zero-order valence-corrected chi connectivity index (χ0v) is 17.0. The van der Waals surface area contributed by atoms with Gasteiger partial charge in [-0.3, -0.25) is 9.59 Å². The van der Waals surface area contributed by atoms with E-state index in [-0.39, 0.29) is 16.8 Å². The van der Waals surface area contributed by atoms with Crippen molar-refractivity contribution in [2.24, 2.45) is 5.92 Å². The van der Waals surface area contributed by atoms with E-state index in [0.29, 0.717) is 45.6 Å². The average Bonchev–Trinajstić information content (AvgIpc) is 3.03. The molecule has 1 aliphatic heterocycles. The van der Waals surface area contributed by atoms with Crippen LogP contribution in [-0.2, 0) is 0 Å². The Morgan fingerprint density at radius 1 is 1.14 bits per heavy atom. The first kappa shape index (κ1) is 19.3. The minimum atomic E-state index is -0.648. The summed E-state index contributed by atoms with van der Waals surface area (Å²) in [5.41, 5.74) is 0.998. The van der Waals surface area contributed by atoms with E-state index in [4.69, 9.17) is 25.5 Å². The van der Waals surface area contributed by atoms with E-state index in [1.54, 1.807) is 43.5 Å². The number of hydrogen-bond acceptors (Lipinski definition) is 5. The highest BCUT2D eigenvalue weighted by Crippen LogP contribution is 2.36. The molecule has 1 aromatic heterocycles. The summed E-state index contributed by atoms with van der Waals surface area (Å²) in [4.78, 5) is 25.6. The minimum absolute atomic E-state index is 0.0222. The molecule has 2 aromatic carbocycles. The van der Waals surface area contributed by atoms with Gasteiger partial charge in [0.05, 0.1) is 30.7 Å². The molecule has 150 valence electrons. The summed E-state index contributed by atoms with van der Waals surface area (Å²) in [6, 6.07) is 9.45. The topological polar surface area (TPSA) is 77.8 Å². The van der Waals surface area contributed by atoms with Crippen LogP contribution in [0.2, 0.25) is 5.02 Å². The normalized spacial score (nSPS) is 15.5. The van der Waals surface area contributed by atoms with Crippen molar-refractivity contribution in [3.63, 3.8) is 0 Å². The monoisotopic (exact) mass is 413 g/mol. The first-order chi connectivity index (χ1) is 13.9. The summed E-state index contributed by atoms with van der Waals surface area (Å²) in [5.74, 6) is 1.09. The van der Waals surface area contributed by atoms with E-state index in [1.165, 1.54) is 0 Å². The highest BCUT2D eigenvalue weighted by molar-refractivity contribution is 6.31. The van der Waals surface area contributed by atoms with Crippen molar-refractivity contribution in [3.05, 3.63) is 68.5 Å². The van der Waals surface area contributed by atoms with Gasteiger partial charge in [0.1, 0.15) is 5.58 Å². The molecule has 0 aliphatic carbocycles. The highest BCUT2D eigenvalue weighted by Gasteiger charge is 2.36. The van der Waals surface area contributed by atoms with E-state index in [9.17, 15) is 9.59 Å². The fraction of sp³-hybridized carbons (Fsp3) is 0.273. The molecular formula is C22H20ClNO5. The number of hydrogen-bond donors (Lipinski definition) is 1. The summed E-state index contributed by atoms with van der Waals surface area (Å²) >= 11 is 6.04. The molecule has 0 bridgehead atoms. The fourth-order valence-electron chi connectivity index (χ4n) is 3.37. The van der Waals surface area contributed by atoms with Crippen molar-refractivity contribution >= 4 is 28.5 Å². The van der Waals surface area contributed by atoms with Crippen molar-refractivity contribution in [2.75, 3.05) is 13.7 Å². The molecule has 0 saturated heterocycles. The fourth-order valence-corrected chi connectivity index (χ4v) is 3.54. The van der Waals surface area contributed by atoms with Gasteiger partial charge < -0.3 is 19.2 Å². The van der Waals surface area contributed by atoms with Gasteiger partial charge in [-0.1, -0.05) is 31.5 Å². The van der Waals surface area contributed by atoms with E-state index in [1.807, 2.05) is 0 Å². The van der Waals surface area contributed by atoms with Gasteiger partial charge >= 0.3 is 0 Å². The maximum absolute atomic E-state index is 13.1. The molecule has 4 rings (SSSR count). The largest absolute Gasteiger partial charge is 0.493 e. The summed E-state index contributed by atoms with van der Waals surface area (Å²) in [5, 5.41) is 3.58. The lowest BCUT2D eigenvalue weighted by Gasteiger charge is -2.16. The van der Waals surface area contributed by atoms with Crippen molar-refractivity contribution < 1.29 is 18.7 Å². The molecule has 1 aliphatic rings. The van der Waals surface area contributed by atoms with Crippen LogP contribution in [0.25, 0.3) is 11.0 Å². The molecule has 0 saturated carbocycles. The Morgan fingerprint density at radius 2 is 1.93 bits per heavy atom. The third-order valence-corrected chi connectivity index (χ3v) is 4.99. The van der Waals surface area contributed by atoms with Gasteiger partial charge in [-0.25, -0.2) is 0 Å². The Balaban J connectivity index is 1.81. The number of fused-ring (bicyclic) bond motifs is 2. The molecule has 3 aromatic rings. The van der Waals surface area contributed by atoms with Gasteiger partial charge in [-0.15, -0.1) is 0 Å². The molecule has 0 radical (unpaired) electrons. The first-order valence-electron chi connectivity index (χ1n) is 9.27. The second kappa shape index (κ2) is 7.44. The lowest BCUT2D eigenvalue weighted by Crippen LogP contribution is -2.22. The van der Waals surface area contributed by atoms with Gasteiger partial charge in [0, 0.05) is 5.02 Å². The molecule has 2 heterocycles. The molecule has 1 amide bonds. The van der Waals surface area contributed by atoms with Crippen LogP contribution in [-0.4, -0.2) is 19.6 Å². The van der Waals surface area contributed by atoms with Crippen molar-refractivity contribution in [1.29, 1.82) is 0 Å². The Labute approximate surface area is 172 Å². The number of nitrogens with one attached hydrogen (secondary N) is 1. The van der Waals surface area contributed by atoms with Crippen LogP contribution in [0.15, 0.2) is 45.6 Å². The second-order valence-corrected chi connectivity index (χ2v) is 7.77. The smallest absolute Gasteiger partial charge is 0.288 e. The number of amides is 1. The van der Waals surface area contributed by atoms with E-state index in [2.05, 4.69) is 19.2 Å². The summed E-state index contributed by atoms with van der Waals surface area (Å²) < 4.78 is 17.0. The third-order valence-electron chi connectivity index (χ3n) is 4.75. The van der Waals surface area contributed by atoms with E-state index >= 15 is 0 Å². The third kappa shape index (κ3) is 3.44. The van der Waals surface area contributed by atoms with Crippen LogP contribution in [0, 0.1) is 5.92 Å². The Morgan fingerprint density at radius 3 is 2.66 bits per heavy atom. The molecule has 6 nitrogen and oxygen atoms in total. The van der Waals surface area contributed by atoms with Crippen molar-refractivity contribution in [2.45, 2.75) is 19.9 Å².